The van der Waals surface area contributed by atoms with Crippen LogP contribution in [0.5, 0.6) is 11.5 Å². The van der Waals surface area contributed by atoms with Crippen LogP contribution in [-0.2, 0) is 4.79 Å². The molecule has 0 aromatic heterocycles. The van der Waals surface area contributed by atoms with E-state index >= 15 is 0 Å². The van der Waals surface area contributed by atoms with Gasteiger partial charge in [-0.25, -0.2) is 0 Å². The molecule has 0 saturated carbocycles. The smallest absolute Gasteiger partial charge is 0.243 e. The lowest BCUT2D eigenvalue weighted by Gasteiger charge is -2.10. The van der Waals surface area contributed by atoms with E-state index in [9.17, 15) is 4.79 Å². The van der Waals surface area contributed by atoms with Crippen LogP contribution < -0.4 is 14.8 Å². The lowest BCUT2D eigenvalue weighted by atomic mass is 10.2. The highest BCUT2D eigenvalue weighted by Crippen LogP contribution is 2.28. The average molecular weight is 318 g/mol. The number of methoxy groups -OCH3 is 1. The Balaban J connectivity index is 2.55. The Bertz CT molecular complexity index is 539. The Morgan fingerprint density at radius 2 is 2.13 bits per heavy atom. The van der Waals surface area contributed by atoms with Gasteiger partial charge in [-0.3, -0.25) is 4.79 Å². The molecule has 0 aliphatic rings. The van der Waals surface area contributed by atoms with Gasteiger partial charge >= 0.3 is 0 Å². The van der Waals surface area contributed by atoms with Gasteiger partial charge in [-0.15, -0.1) is 0 Å². The fourth-order valence-corrected chi connectivity index (χ4v) is 1.89. The monoisotopic (exact) mass is 318 g/mol. The average Bonchev–Trinajstić information content (AvgIpc) is 2.55. The van der Waals surface area contributed by atoms with Gasteiger partial charge in [0, 0.05) is 12.6 Å². The second kappa shape index (κ2) is 10.5. The van der Waals surface area contributed by atoms with Crippen molar-refractivity contribution in [2.24, 2.45) is 0 Å². The third-order valence-corrected chi connectivity index (χ3v) is 3.05. The SMILES string of the molecule is C=CCOc1ccc(/C=C/C(=O)NCCCN(C)C)cc1OC. The Kier molecular flexibility index (Phi) is 8.54. The van der Waals surface area contributed by atoms with E-state index in [-0.39, 0.29) is 5.91 Å². The van der Waals surface area contributed by atoms with Gasteiger partial charge in [0.1, 0.15) is 6.61 Å². The molecule has 1 aromatic carbocycles. The van der Waals surface area contributed by atoms with Crippen LogP contribution >= 0.6 is 0 Å². The van der Waals surface area contributed by atoms with Crippen LogP contribution in [0.25, 0.3) is 6.08 Å². The molecular weight excluding hydrogens is 292 g/mol. The van der Waals surface area contributed by atoms with Gasteiger partial charge in [0.15, 0.2) is 11.5 Å². The molecule has 0 bridgehead atoms. The zero-order chi connectivity index (χ0) is 17.1. The van der Waals surface area contributed by atoms with Crippen LogP contribution in [0.4, 0.5) is 0 Å². The Hall–Kier alpha value is -2.27. The van der Waals surface area contributed by atoms with Crippen molar-refractivity contribution in [2.75, 3.05) is 40.9 Å². The highest BCUT2D eigenvalue weighted by atomic mass is 16.5. The molecule has 1 aromatic rings. The molecule has 0 spiro atoms. The molecule has 0 heterocycles. The molecular formula is C18H26N2O3. The molecule has 1 amide bonds. The van der Waals surface area contributed by atoms with Crippen LogP contribution in [0.1, 0.15) is 12.0 Å². The van der Waals surface area contributed by atoms with E-state index in [1.807, 2.05) is 32.3 Å². The van der Waals surface area contributed by atoms with Gasteiger partial charge in [0.2, 0.25) is 5.91 Å². The minimum atomic E-state index is -0.102. The first-order chi connectivity index (χ1) is 11.1. The first-order valence-corrected chi connectivity index (χ1v) is 7.59. The van der Waals surface area contributed by atoms with E-state index < -0.39 is 0 Å². The summed E-state index contributed by atoms with van der Waals surface area (Å²) in [6.07, 6.45) is 5.87. The maximum Gasteiger partial charge on any atom is 0.243 e. The minimum Gasteiger partial charge on any atom is -0.493 e. The lowest BCUT2D eigenvalue weighted by Crippen LogP contribution is -2.25. The maximum absolute atomic E-state index is 11.7. The number of carbonyl (C=O) groups is 1. The highest BCUT2D eigenvalue weighted by Gasteiger charge is 2.04. The van der Waals surface area contributed by atoms with Crippen LogP contribution in [0.3, 0.4) is 0 Å². The van der Waals surface area contributed by atoms with Crippen molar-refractivity contribution < 1.29 is 14.3 Å². The van der Waals surface area contributed by atoms with Crippen molar-refractivity contribution in [1.29, 1.82) is 0 Å². The number of nitrogens with one attached hydrogen (secondary N) is 1. The normalized spacial score (nSPS) is 10.8. The van der Waals surface area contributed by atoms with Gasteiger partial charge in [0.05, 0.1) is 7.11 Å². The molecule has 5 heteroatoms. The number of benzene rings is 1. The fraction of sp³-hybridized carbons (Fsp3) is 0.389. The second-order valence-corrected chi connectivity index (χ2v) is 5.29. The summed E-state index contributed by atoms with van der Waals surface area (Å²) >= 11 is 0. The van der Waals surface area contributed by atoms with Gasteiger partial charge < -0.3 is 19.7 Å². The number of hydrogen-bond acceptors (Lipinski definition) is 4. The van der Waals surface area contributed by atoms with E-state index in [1.165, 1.54) is 6.08 Å². The summed E-state index contributed by atoms with van der Waals surface area (Å²) in [5, 5.41) is 2.86. The summed E-state index contributed by atoms with van der Waals surface area (Å²) in [4.78, 5) is 13.8. The number of carbonyl (C=O) groups excluding carboxylic acids is 1. The summed E-state index contributed by atoms with van der Waals surface area (Å²) < 4.78 is 10.8. The molecule has 0 aliphatic carbocycles. The zero-order valence-electron chi connectivity index (χ0n) is 14.2. The predicted octanol–water partition coefficient (Wildman–Crippen LogP) is 2.34. The van der Waals surface area contributed by atoms with Crippen molar-refractivity contribution in [1.82, 2.24) is 10.2 Å². The number of amides is 1. The highest BCUT2D eigenvalue weighted by molar-refractivity contribution is 5.91. The first kappa shape index (κ1) is 18.8. The van der Waals surface area contributed by atoms with Crippen molar-refractivity contribution in [2.45, 2.75) is 6.42 Å². The van der Waals surface area contributed by atoms with E-state index in [0.717, 1.165) is 18.5 Å². The number of nitrogens with zero attached hydrogens (tertiary/aromatic N) is 1. The van der Waals surface area contributed by atoms with E-state index in [2.05, 4.69) is 16.8 Å². The van der Waals surface area contributed by atoms with Gasteiger partial charge in [-0.1, -0.05) is 18.7 Å². The van der Waals surface area contributed by atoms with E-state index in [1.54, 1.807) is 19.3 Å². The predicted molar refractivity (Wildman–Crippen MR) is 93.9 cm³/mol. The van der Waals surface area contributed by atoms with Crippen LogP contribution in [0, 0.1) is 0 Å². The molecule has 126 valence electrons. The Morgan fingerprint density at radius 3 is 2.78 bits per heavy atom. The minimum absolute atomic E-state index is 0.102. The first-order valence-electron chi connectivity index (χ1n) is 7.59. The van der Waals surface area contributed by atoms with Crippen molar-refractivity contribution in [3.63, 3.8) is 0 Å². The van der Waals surface area contributed by atoms with Gasteiger partial charge in [0.25, 0.3) is 0 Å². The fourth-order valence-electron chi connectivity index (χ4n) is 1.89. The number of hydrogen-bond donors (Lipinski definition) is 1. The van der Waals surface area contributed by atoms with Gasteiger partial charge in [-0.2, -0.15) is 0 Å². The van der Waals surface area contributed by atoms with Crippen molar-refractivity contribution in [3.8, 4) is 11.5 Å². The molecule has 0 fully saturated rings. The lowest BCUT2D eigenvalue weighted by molar-refractivity contribution is -0.116. The summed E-state index contributed by atoms with van der Waals surface area (Å²) in [7, 11) is 5.61. The number of ether oxygens (including phenoxy) is 2. The van der Waals surface area contributed by atoms with E-state index in [0.29, 0.717) is 24.7 Å². The summed E-state index contributed by atoms with van der Waals surface area (Å²) in [6.45, 7) is 5.65. The quantitative estimate of drug-likeness (QED) is 0.409. The van der Waals surface area contributed by atoms with Gasteiger partial charge in [-0.05, 0) is 50.8 Å². The molecule has 5 nitrogen and oxygen atoms in total. The van der Waals surface area contributed by atoms with Crippen LogP contribution in [0.15, 0.2) is 36.9 Å². The van der Waals surface area contributed by atoms with Crippen LogP contribution in [0.2, 0.25) is 0 Å². The Labute approximate surface area is 138 Å². The molecule has 0 radical (unpaired) electrons. The third-order valence-electron chi connectivity index (χ3n) is 3.05. The molecule has 0 aliphatic heterocycles. The van der Waals surface area contributed by atoms with Crippen molar-refractivity contribution >= 4 is 12.0 Å². The maximum atomic E-state index is 11.7. The molecule has 1 N–H and O–H groups in total. The van der Waals surface area contributed by atoms with Crippen LogP contribution in [-0.4, -0.2) is 51.7 Å². The standard InChI is InChI=1S/C18H26N2O3/c1-5-13-23-16-9-7-15(14-17(16)22-4)8-10-18(21)19-11-6-12-20(2)3/h5,7-10,14H,1,6,11-13H2,2-4H3,(H,19,21)/b10-8+. The second-order valence-electron chi connectivity index (χ2n) is 5.29. The molecule has 1 rings (SSSR count). The number of rotatable bonds is 10. The van der Waals surface area contributed by atoms with Crippen molar-refractivity contribution in [3.05, 3.63) is 42.5 Å². The summed E-state index contributed by atoms with van der Waals surface area (Å²) in [5.74, 6) is 1.17. The molecule has 23 heavy (non-hydrogen) atoms. The Morgan fingerprint density at radius 1 is 1.35 bits per heavy atom. The summed E-state index contributed by atoms with van der Waals surface area (Å²) in [5.41, 5.74) is 0.872. The molecule has 0 unspecified atom stereocenters. The largest absolute Gasteiger partial charge is 0.493 e. The topological polar surface area (TPSA) is 50.8 Å². The summed E-state index contributed by atoms with van der Waals surface area (Å²) in [6, 6.07) is 5.52. The molecule has 0 atom stereocenters. The zero-order valence-corrected chi connectivity index (χ0v) is 14.2. The van der Waals surface area contributed by atoms with E-state index in [4.69, 9.17) is 9.47 Å². The molecule has 0 saturated heterocycles. The third kappa shape index (κ3) is 7.51.